The van der Waals surface area contributed by atoms with Gasteiger partial charge in [-0.25, -0.2) is 4.98 Å². The number of nitrogens with one attached hydrogen (secondary N) is 2. The number of aromatic nitrogens is 2. The number of guanidine groups is 1. The predicted molar refractivity (Wildman–Crippen MR) is 115 cm³/mol. The zero-order valence-electron chi connectivity index (χ0n) is 14.7. The Morgan fingerprint density at radius 1 is 1.46 bits per heavy atom. The fourth-order valence-electron chi connectivity index (χ4n) is 2.95. The summed E-state index contributed by atoms with van der Waals surface area (Å²) in [5.74, 6) is 3.03. The number of H-pyrrole nitrogens is 1. The van der Waals surface area contributed by atoms with E-state index in [-0.39, 0.29) is 28.7 Å². The summed E-state index contributed by atoms with van der Waals surface area (Å²) in [6, 6.07) is 6.28. The third-order valence-electron chi connectivity index (χ3n) is 4.04. The molecule has 0 amide bonds. The molecule has 1 fully saturated rings. The number of fused-ring (bicyclic) bond motifs is 1. The van der Waals surface area contributed by atoms with Gasteiger partial charge in [0.05, 0.1) is 17.6 Å². The van der Waals surface area contributed by atoms with Crippen molar-refractivity contribution in [3.05, 3.63) is 29.6 Å². The number of aromatic amines is 1. The molecule has 1 aromatic heterocycles. The Labute approximate surface area is 165 Å². The van der Waals surface area contributed by atoms with Gasteiger partial charge in [-0.1, -0.05) is 6.07 Å². The summed E-state index contributed by atoms with van der Waals surface area (Å²) >= 11 is 2.03. The minimum Gasteiger partial charge on any atom is -0.349 e. The van der Waals surface area contributed by atoms with Crippen LogP contribution in [0.15, 0.2) is 23.2 Å². The number of rotatable bonds is 2. The topological polar surface area (TPSA) is 56.3 Å². The van der Waals surface area contributed by atoms with E-state index in [0.29, 0.717) is 6.54 Å². The molecule has 0 spiro atoms. The molecule has 7 heteroatoms. The molecule has 0 bridgehead atoms. The second-order valence-corrected chi connectivity index (χ2v) is 8.44. The first kappa shape index (κ1) is 19.4. The van der Waals surface area contributed by atoms with Gasteiger partial charge in [0.15, 0.2) is 5.96 Å². The van der Waals surface area contributed by atoms with Gasteiger partial charge in [-0.15, -0.1) is 24.0 Å². The SMILES string of the molecule is CN=C(NCc1nc2ccc(C)cc2[nH]1)N1CCSC(C)(C)C1.I. The van der Waals surface area contributed by atoms with Gasteiger partial charge in [0.25, 0.3) is 0 Å². The molecule has 2 N–H and O–H groups in total. The molecule has 0 radical (unpaired) electrons. The van der Waals surface area contributed by atoms with Crippen LogP contribution in [0.4, 0.5) is 0 Å². The second kappa shape index (κ2) is 7.95. The molecular formula is C17H26IN5S. The number of hydrogen-bond acceptors (Lipinski definition) is 3. The molecule has 1 saturated heterocycles. The van der Waals surface area contributed by atoms with Gasteiger partial charge in [0, 0.05) is 30.6 Å². The summed E-state index contributed by atoms with van der Waals surface area (Å²) in [4.78, 5) is 14.8. The van der Waals surface area contributed by atoms with Crippen LogP contribution in [0.2, 0.25) is 0 Å². The first-order valence-corrected chi connectivity index (χ1v) is 9.00. The average molecular weight is 459 g/mol. The van der Waals surface area contributed by atoms with Gasteiger partial charge >= 0.3 is 0 Å². The summed E-state index contributed by atoms with van der Waals surface area (Å²) in [6.07, 6.45) is 0. The number of imidazole rings is 1. The maximum absolute atomic E-state index is 4.64. The van der Waals surface area contributed by atoms with Gasteiger partial charge in [-0.2, -0.15) is 11.8 Å². The molecule has 24 heavy (non-hydrogen) atoms. The highest BCUT2D eigenvalue weighted by atomic mass is 127. The largest absolute Gasteiger partial charge is 0.349 e. The summed E-state index contributed by atoms with van der Waals surface area (Å²) in [7, 11) is 1.85. The van der Waals surface area contributed by atoms with Gasteiger partial charge in [0.2, 0.25) is 0 Å². The van der Waals surface area contributed by atoms with Crippen molar-refractivity contribution < 1.29 is 0 Å². The Bertz CT molecular complexity index is 725. The van der Waals surface area contributed by atoms with Crippen LogP contribution in [0.1, 0.15) is 25.2 Å². The predicted octanol–water partition coefficient (Wildman–Crippen LogP) is 3.39. The highest BCUT2D eigenvalue weighted by Gasteiger charge is 2.28. The molecule has 1 aromatic carbocycles. The Morgan fingerprint density at radius 3 is 2.96 bits per heavy atom. The zero-order valence-corrected chi connectivity index (χ0v) is 17.9. The van der Waals surface area contributed by atoms with Crippen LogP contribution in [0.3, 0.4) is 0 Å². The van der Waals surface area contributed by atoms with Crippen LogP contribution in [0.5, 0.6) is 0 Å². The van der Waals surface area contributed by atoms with E-state index >= 15 is 0 Å². The van der Waals surface area contributed by atoms with Crippen molar-refractivity contribution in [1.29, 1.82) is 0 Å². The van der Waals surface area contributed by atoms with E-state index in [4.69, 9.17) is 0 Å². The third kappa shape index (κ3) is 4.56. The number of halogens is 1. The summed E-state index contributed by atoms with van der Waals surface area (Å²) in [5, 5.41) is 3.44. The third-order valence-corrected chi connectivity index (χ3v) is 5.33. The number of benzene rings is 1. The highest BCUT2D eigenvalue weighted by Crippen LogP contribution is 2.29. The Kier molecular flexibility index (Phi) is 6.41. The Morgan fingerprint density at radius 2 is 2.25 bits per heavy atom. The maximum Gasteiger partial charge on any atom is 0.194 e. The minimum absolute atomic E-state index is 0. The normalized spacial score (nSPS) is 17.7. The average Bonchev–Trinajstić information content (AvgIpc) is 2.89. The lowest BCUT2D eigenvalue weighted by Crippen LogP contribution is -2.50. The lowest BCUT2D eigenvalue weighted by atomic mass is 10.2. The van der Waals surface area contributed by atoms with Crippen LogP contribution in [-0.2, 0) is 6.54 Å². The number of thioether (sulfide) groups is 1. The second-order valence-electron chi connectivity index (χ2n) is 6.63. The van der Waals surface area contributed by atoms with Crippen molar-refractivity contribution in [2.45, 2.75) is 32.1 Å². The molecule has 3 rings (SSSR count). The number of nitrogens with zero attached hydrogens (tertiary/aromatic N) is 3. The molecular weight excluding hydrogens is 433 g/mol. The van der Waals surface area contributed by atoms with E-state index < -0.39 is 0 Å². The van der Waals surface area contributed by atoms with Crippen molar-refractivity contribution in [1.82, 2.24) is 20.2 Å². The first-order chi connectivity index (χ1) is 11.0. The molecule has 0 atom stereocenters. The van der Waals surface area contributed by atoms with E-state index in [1.807, 2.05) is 18.8 Å². The van der Waals surface area contributed by atoms with Crippen molar-refractivity contribution >= 4 is 52.7 Å². The van der Waals surface area contributed by atoms with Crippen LogP contribution in [0.25, 0.3) is 11.0 Å². The van der Waals surface area contributed by atoms with E-state index in [9.17, 15) is 0 Å². The molecule has 0 aliphatic carbocycles. The monoisotopic (exact) mass is 459 g/mol. The van der Waals surface area contributed by atoms with E-state index in [2.05, 4.69) is 64.1 Å². The molecule has 2 heterocycles. The van der Waals surface area contributed by atoms with Crippen LogP contribution >= 0.6 is 35.7 Å². The lowest BCUT2D eigenvalue weighted by molar-refractivity contribution is 0.375. The number of aryl methyl sites for hydroxylation is 1. The molecule has 1 aliphatic heterocycles. The van der Waals surface area contributed by atoms with E-state index in [0.717, 1.165) is 41.7 Å². The molecule has 132 valence electrons. The van der Waals surface area contributed by atoms with Crippen molar-refractivity contribution in [2.24, 2.45) is 4.99 Å². The van der Waals surface area contributed by atoms with Gasteiger partial charge in [-0.05, 0) is 38.5 Å². The standard InChI is InChI=1S/C17H25N5S.HI/c1-12-5-6-13-14(9-12)21-15(20-13)10-19-16(18-4)22-7-8-23-17(2,3)11-22;/h5-6,9H,7-8,10-11H2,1-4H3,(H,18,19)(H,20,21);1H. The smallest absolute Gasteiger partial charge is 0.194 e. The summed E-state index contributed by atoms with van der Waals surface area (Å²) in [5.41, 5.74) is 3.34. The van der Waals surface area contributed by atoms with Gasteiger partial charge in [0.1, 0.15) is 5.82 Å². The molecule has 0 unspecified atom stereocenters. The Balaban J connectivity index is 0.00000208. The Hall–Kier alpha value is -0.960. The molecule has 2 aromatic rings. The van der Waals surface area contributed by atoms with E-state index in [1.165, 1.54) is 5.56 Å². The zero-order chi connectivity index (χ0) is 16.4. The molecule has 1 aliphatic rings. The lowest BCUT2D eigenvalue weighted by Gasteiger charge is -2.39. The van der Waals surface area contributed by atoms with Crippen molar-refractivity contribution in [3.8, 4) is 0 Å². The quantitative estimate of drug-likeness (QED) is 0.411. The van der Waals surface area contributed by atoms with Crippen LogP contribution < -0.4 is 5.32 Å². The number of hydrogen-bond donors (Lipinski definition) is 2. The highest BCUT2D eigenvalue weighted by molar-refractivity contribution is 14.0. The minimum atomic E-state index is 0. The summed E-state index contributed by atoms with van der Waals surface area (Å²) in [6.45, 7) is 9.38. The van der Waals surface area contributed by atoms with E-state index in [1.54, 1.807) is 0 Å². The van der Waals surface area contributed by atoms with Crippen molar-refractivity contribution in [3.63, 3.8) is 0 Å². The summed E-state index contributed by atoms with van der Waals surface area (Å²) < 4.78 is 0.271. The van der Waals surface area contributed by atoms with Crippen LogP contribution in [-0.4, -0.2) is 51.5 Å². The number of aliphatic imine (C=N–C) groups is 1. The van der Waals surface area contributed by atoms with Crippen LogP contribution in [0, 0.1) is 6.92 Å². The first-order valence-electron chi connectivity index (χ1n) is 8.02. The fourth-order valence-corrected chi connectivity index (χ4v) is 4.06. The maximum atomic E-state index is 4.64. The fraction of sp³-hybridized carbons (Fsp3) is 0.529. The van der Waals surface area contributed by atoms with Gasteiger partial charge < -0.3 is 15.2 Å². The van der Waals surface area contributed by atoms with Gasteiger partial charge in [-0.3, -0.25) is 4.99 Å². The van der Waals surface area contributed by atoms with Crippen molar-refractivity contribution in [2.75, 3.05) is 25.9 Å². The molecule has 0 saturated carbocycles. The molecule has 5 nitrogen and oxygen atoms in total.